The minimum atomic E-state index is -0.00787. The summed E-state index contributed by atoms with van der Waals surface area (Å²) in [4.78, 5) is 14.5. The molecule has 3 nitrogen and oxygen atoms in total. The van der Waals surface area contributed by atoms with E-state index < -0.39 is 0 Å². The quantitative estimate of drug-likeness (QED) is 0.856. The van der Waals surface area contributed by atoms with Gasteiger partial charge in [-0.05, 0) is 18.9 Å². The molecule has 0 aliphatic rings. The highest BCUT2D eigenvalue weighted by atomic mass is 32.1. The zero-order valence-corrected chi connectivity index (χ0v) is 10.4. The maximum atomic E-state index is 11.7. The predicted molar refractivity (Wildman–Crippen MR) is 65.4 cm³/mol. The van der Waals surface area contributed by atoms with Crippen LogP contribution >= 0.6 is 11.3 Å². The molecule has 0 aliphatic carbocycles. The van der Waals surface area contributed by atoms with Gasteiger partial charge in [-0.15, -0.1) is 11.3 Å². The highest BCUT2D eigenvalue weighted by molar-refractivity contribution is 7.16. The first-order valence-corrected chi connectivity index (χ1v) is 5.97. The number of carbonyl (C=O) groups excluding carboxylic acids is 1. The van der Waals surface area contributed by atoms with Crippen molar-refractivity contribution in [3.05, 3.63) is 16.5 Å². The second kappa shape index (κ2) is 5.16. The largest absolute Gasteiger partial charge is 0.390 e. The van der Waals surface area contributed by atoms with Gasteiger partial charge >= 0.3 is 0 Å². The lowest BCUT2D eigenvalue weighted by Crippen LogP contribution is -2.21. The van der Waals surface area contributed by atoms with Crippen molar-refractivity contribution < 1.29 is 4.79 Å². The number of nitrogens with zero attached hydrogens (tertiary/aromatic N) is 1. The van der Waals surface area contributed by atoms with Crippen LogP contribution in [-0.2, 0) is 6.42 Å². The van der Waals surface area contributed by atoms with Crippen molar-refractivity contribution in [2.75, 3.05) is 19.8 Å². The van der Waals surface area contributed by atoms with Gasteiger partial charge in [0.05, 0.1) is 10.6 Å². The summed E-state index contributed by atoms with van der Waals surface area (Å²) < 4.78 is 0. The number of anilines is 1. The summed E-state index contributed by atoms with van der Waals surface area (Å²) in [5, 5.41) is 0.639. The third kappa shape index (κ3) is 2.96. The average molecular weight is 226 g/mol. The van der Waals surface area contributed by atoms with Crippen LogP contribution in [-0.4, -0.2) is 24.9 Å². The van der Waals surface area contributed by atoms with Crippen molar-refractivity contribution >= 4 is 22.2 Å². The molecule has 1 rings (SSSR count). The molecular formula is C11H18N2OS. The molecule has 0 aliphatic heterocycles. The van der Waals surface area contributed by atoms with Gasteiger partial charge in [0.1, 0.15) is 0 Å². The molecule has 4 heteroatoms. The van der Waals surface area contributed by atoms with Crippen molar-refractivity contribution in [3.8, 4) is 0 Å². The first-order chi connectivity index (χ1) is 7.06. The second-order valence-corrected chi connectivity index (χ2v) is 4.96. The molecule has 15 heavy (non-hydrogen) atoms. The third-order valence-electron chi connectivity index (χ3n) is 2.23. The molecule has 0 aromatic carbocycles. The number of aryl methyl sites for hydroxylation is 1. The van der Waals surface area contributed by atoms with E-state index in [9.17, 15) is 4.79 Å². The minimum absolute atomic E-state index is 0.00787. The van der Waals surface area contributed by atoms with E-state index in [4.69, 9.17) is 5.73 Å². The smallest absolute Gasteiger partial charge is 0.256 e. The summed E-state index contributed by atoms with van der Waals surface area (Å²) >= 11 is 1.53. The molecule has 0 saturated carbocycles. The SMILES string of the molecule is CCCCc1cc(C(=O)N(C)C)c(N)s1. The molecule has 0 saturated heterocycles. The Bertz CT molecular complexity index is 344. The fourth-order valence-electron chi connectivity index (χ4n) is 1.34. The Morgan fingerprint density at radius 1 is 1.53 bits per heavy atom. The Balaban J connectivity index is 2.81. The molecule has 0 fully saturated rings. The Morgan fingerprint density at radius 2 is 2.20 bits per heavy atom. The minimum Gasteiger partial charge on any atom is -0.390 e. The Hall–Kier alpha value is -1.03. The number of carbonyl (C=O) groups is 1. The van der Waals surface area contributed by atoms with Crippen molar-refractivity contribution in [2.24, 2.45) is 0 Å². The molecule has 1 aromatic heterocycles. The van der Waals surface area contributed by atoms with Crippen LogP contribution in [0.2, 0.25) is 0 Å². The van der Waals surface area contributed by atoms with E-state index in [0.29, 0.717) is 10.6 Å². The molecule has 0 atom stereocenters. The van der Waals surface area contributed by atoms with Crippen LogP contribution in [0.1, 0.15) is 35.0 Å². The molecule has 1 heterocycles. The van der Waals surface area contributed by atoms with E-state index in [1.165, 1.54) is 16.2 Å². The van der Waals surface area contributed by atoms with Gasteiger partial charge in [-0.25, -0.2) is 0 Å². The number of amides is 1. The van der Waals surface area contributed by atoms with Gasteiger partial charge in [-0.2, -0.15) is 0 Å². The molecule has 0 unspecified atom stereocenters. The van der Waals surface area contributed by atoms with Gasteiger partial charge in [0.25, 0.3) is 5.91 Å². The highest BCUT2D eigenvalue weighted by Gasteiger charge is 2.15. The van der Waals surface area contributed by atoms with Crippen LogP contribution in [0.15, 0.2) is 6.07 Å². The number of unbranched alkanes of at least 4 members (excludes halogenated alkanes) is 1. The molecule has 1 amide bonds. The summed E-state index contributed by atoms with van der Waals surface area (Å²) in [6.07, 6.45) is 3.33. The summed E-state index contributed by atoms with van der Waals surface area (Å²) in [7, 11) is 3.48. The number of nitrogens with two attached hydrogens (primary N) is 1. The maximum absolute atomic E-state index is 11.7. The lowest BCUT2D eigenvalue weighted by Gasteiger charge is -2.08. The first-order valence-electron chi connectivity index (χ1n) is 5.16. The second-order valence-electron chi connectivity index (χ2n) is 3.79. The maximum Gasteiger partial charge on any atom is 0.256 e. The number of thiophene rings is 1. The Labute approximate surface area is 94.9 Å². The monoisotopic (exact) mass is 226 g/mol. The molecule has 0 bridgehead atoms. The van der Waals surface area contributed by atoms with E-state index in [-0.39, 0.29) is 5.91 Å². The zero-order chi connectivity index (χ0) is 11.4. The van der Waals surface area contributed by atoms with E-state index in [0.717, 1.165) is 19.3 Å². The van der Waals surface area contributed by atoms with Crippen LogP contribution in [0.3, 0.4) is 0 Å². The van der Waals surface area contributed by atoms with Gasteiger partial charge in [0, 0.05) is 19.0 Å². The van der Waals surface area contributed by atoms with E-state index in [2.05, 4.69) is 6.92 Å². The first kappa shape index (κ1) is 12.0. The van der Waals surface area contributed by atoms with Crippen molar-refractivity contribution in [2.45, 2.75) is 26.2 Å². The molecular weight excluding hydrogens is 208 g/mol. The summed E-state index contributed by atoms with van der Waals surface area (Å²) in [6.45, 7) is 2.16. The third-order valence-corrected chi connectivity index (χ3v) is 3.25. The fraction of sp³-hybridized carbons (Fsp3) is 0.545. The highest BCUT2D eigenvalue weighted by Crippen LogP contribution is 2.27. The number of hydrogen-bond acceptors (Lipinski definition) is 3. The average Bonchev–Trinajstić information content (AvgIpc) is 2.55. The van der Waals surface area contributed by atoms with Gasteiger partial charge < -0.3 is 10.6 Å². The normalized spacial score (nSPS) is 10.3. The van der Waals surface area contributed by atoms with E-state index >= 15 is 0 Å². The molecule has 0 spiro atoms. The van der Waals surface area contributed by atoms with Crippen LogP contribution in [0.5, 0.6) is 0 Å². The zero-order valence-electron chi connectivity index (χ0n) is 9.54. The van der Waals surface area contributed by atoms with Crippen molar-refractivity contribution in [1.82, 2.24) is 4.90 Å². The van der Waals surface area contributed by atoms with Crippen molar-refractivity contribution in [3.63, 3.8) is 0 Å². The molecule has 0 radical (unpaired) electrons. The van der Waals surface area contributed by atoms with Gasteiger partial charge in [0.15, 0.2) is 0 Å². The standard InChI is InChI=1S/C11H18N2OS/c1-4-5-6-8-7-9(10(12)15-8)11(14)13(2)3/h7H,4-6,12H2,1-3H3. The van der Waals surface area contributed by atoms with Crippen LogP contribution in [0.4, 0.5) is 5.00 Å². The van der Waals surface area contributed by atoms with Crippen LogP contribution in [0, 0.1) is 0 Å². The summed E-state index contributed by atoms with van der Waals surface area (Å²) in [5.74, 6) is -0.00787. The number of nitrogen functional groups attached to an aromatic ring is 1. The predicted octanol–water partition coefficient (Wildman–Crippen LogP) is 2.37. The lowest BCUT2D eigenvalue weighted by atomic mass is 10.2. The van der Waals surface area contributed by atoms with E-state index in [1.54, 1.807) is 19.0 Å². The number of hydrogen-bond donors (Lipinski definition) is 1. The molecule has 2 N–H and O–H groups in total. The summed E-state index contributed by atoms with van der Waals surface area (Å²) in [5.41, 5.74) is 6.47. The van der Waals surface area contributed by atoms with Gasteiger partial charge in [-0.1, -0.05) is 13.3 Å². The van der Waals surface area contributed by atoms with Gasteiger partial charge in [0.2, 0.25) is 0 Å². The van der Waals surface area contributed by atoms with Crippen molar-refractivity contribution in [1.29, 1.82) is 0 Å². The Kier molecular flexibility index (Phi) is 4.15. The lowest BCUT2D eigenvalue weighted by molar-refractivity contribution is 0.0829. The van der Waals surface area contributed by atoms with Crippen LogP contribution < -0.4 is 5.73 Å². The Morgan fingerprint density at radius 3 is 2.73 bits per heavy atom. The topological polar surface area (TPSA) is 46.3 Å². The molecule has 1 aromatic rings. The summed E-state index contributed by atoms with van der Waals surface area (Å²) in [6, 6.07) is 1.93. The fourth-order valence-corrected chi connectivity index (χ4v) is 2.30. The molecule has 84 valence electrons. The number of rotatable bonds is 4. The van der Waals surface area contributed by atoms with E-state index in [1.807, 2.05) is 6.07 Å². The van der Waals surface area contributed by atoms with Crippen LogP contribution in [0.25, 0.3) is 0 Å². The van der Waals surface area contributed by atoms with Gasteiger partial charge in [-0.3, -0.25) is 4.79 Å².